The van der Waals surface area contributed by atoms with Crippen molar-refractivity contribution in [1.29, 1.82) is 0 Å². The normalized spacial score (nSPS) is 13.2. The van der Waals surface area contributed by atoms with Gasteiger partial charge < -0.3 is 14.3 Å². The molecule has 1 aliphatic heterocycles. The molecule has 0 amide bonds. The molecule has 0 saturated heterocycles. The van der Waals surface area contributed by atoms with Gasteiger partial charge in [-0.1, -0.05) is 164 Å². The highest BCUT2D eigenvalue weighted by molar-refractivity contribution is 6.17. The first kappa shape index (κ1) is 38.8. The summed E-state index contributed by atoms with van der Waals surface area (Å²) in [6, 6.07) is 66.8. The number of fused-ring (bicyclic) bond motifs is 7. The summed E-state index contributed by atoms with van der Waals surface area (Å²) in [5, 5.41) is 8.38. The van der Waals surface area contributed by atoms with Crippen molar-refractivity contribution in [2.75, 3.05) is 5.32 Å². The Morgan fingerprint density at radius 3 is 1.87 bits per heavy atom. The fourth-order valence-electron chi connectivity index (χ4n) is 8.23. The second-order valence-electron chi connectivity index (χ2n) is 15.0. The second kappa shape index (κ2) is 17.3. The molecule has 0 bridgehead atoms. The largest absolute Gasteiger partial charge is 0.455 e. The van der Waals surface area contributed by atoms with E-state index in [2.05, 4.69) is 186 Å². The van der Waals surface area contributed by atoms with Gasteiger partial charge in [-0.3, -0.25) is 4.99 Å². The molecule has 0 aliphatic carbocycles. The van der Waals surface area contributed by atoms with Gasteiger partial charge in [-0.05, 0) is 85.5 Å². The van der Waals surface area contributed by atoms with Gasteiger partial charge in [-0.2, -0.15) is 0 Å². The van der Waals surface area contributed by atoms with Crippen LogP contribution < -0.4 is 5.32 Å². The molecule has 11 rings (SSSR count). The molecule has 0 radical (unpaired) electrons. The van der Waals surface area contributed by atoms with E-state index >= 15 is 0 Å². The number of furan rings is 1. The molecule has 1 N–H and O–H groups in total. The van der Waals surface area contributed by atoms with Crippen LogP contribution in [-0.4, -0.2) is 10.3 Å². The number of aromatic nitrogens is 1. The van der Waals surface area contributed by atoms with Crippen molar-refractivity contribution in [2.45, 2.75) is 26.9 Å². The van der Waals surface area contributed by atoms with E-state index in [1.54, 1.807) is 6.08 Å². The van der Waals surface area contributed by atoms with E-state index < -0.39 is 0 Å². The summed E-state index contributed by atoms with van der Waals surface area (Å²) in [5.74, 6) is 0. The van der Waals surface area contributed by atoms with Gasteiger partial charge in [0.1, 0.15) is 17.3 Å². The van der Waals surface area contributed by atoms with Crippen molar-refractivity contribution in [3.8, 4) is 27.9 Å². The molecule has 0 spiro atoms. The van der Waals surface area contributed by atoms with Gasteiger partial charge in [0, 0.05) is 49.6 Å². The van der Waals surface area contributed by atoms with Crippen LogP contribution in [0.3, 0.4) is 0 Å². The van der Waals surface area contributed by atoms with Crippen molar-refractivity contribution in [1.82, 2.24) is 4.57 Å². The predicted octanol–water partition coefficient (Wildman–Crippen LogP) is 15.8. The van der Waals surface area contributed by atoms with E-state index in [9.17, 15) is 0 Å². The minimum atomic E-state index is -0.172. The van der Waals surface area contributed by atoms with E-state index in [0.29, 0.717) is 0 Å². The van der Waals surface area contributed by atoms with Gasteiger partial charge >= 0.3 is 0 Å². The summed E-state index contributed by atoms with van der Waals surface area (Å²) in [4.78, 5) is 5.20. The molecule has 4 heteroatoms. The van der Waals surface area contributed by atoms with Gasteiger partial charge in [0.2, 0.25) is 0 Å². The third-order valence-corrected chi connectivity index (χ3v) is 11.2. The maximum atomic E-state index is 6.42. The van der Waals surface area contributed by atoms with Gasteiger partial charge in [0.05, 0.1) is 16.7 Å². The van der Waals surface area contributed by atoms with Gasteiger partial charge in [-0.15, -0.1) is 6.58 Å². The van der Waals surface area contributed by atoms with E-state index in [1.807, 2.05) is 51.1 Å². The van der Waals surface area contributed by atoms with E-state index in [0.717, 1.165) is 66.8 Å². The summed E-state index contributed by atoms with van der Waals surface area (Å²) in [5.41, 5.74) is 15.4. The topological polar surface area (TPSA) is 42.5 Å². The number of anilines is 1. The summed E-state index contributed by atoms with van der Waals surface area (Å²) in [6.07, 6.45) is 5.58. The molecule has 1 unspecified atom stereocenters. The van der Waals surface area contributed by atoms with Crippen LogP contribution in [0.2, 0.25) is 0 Å². The SMILES string of the molecule is C/C=C\C.C=CC.c1ccc(C2=NC(c3ccc(-c4ccc(-n5c6ccccc6c6cc(-c7cccc8c7oc7ccccc78)ccc65)cc4)cc3)Nc3ccccc32)cc1. The first-order chi connectivity index (χ1) is 30.1. The highest BCUT2D eigenvalue weighted by Gasteiger charge is 2.22. The molecule has 0 saturated carbocycles. The Hall–Kier alpha value is -7.69. The number of aliphatic imine (C=N–C) groups is 1. The van der Waals surface area contributed by atoms with Crippen LogP contribution in [0.15, 0.2) is 222 Å². The van der Waals surface area contributed by atoms with Crippen LogP contribution in [0.5, 0.6) is 0 Å². The minimum absolute atomic E-state index is 0.172. The second-order valence-corrected chi connectivity index (χ2v) is 15.0. The number of nitrogens with one attached hydrogen (secondary N) is 1. The third-order valence-electron chi connectivity index (χ3n) is 11.2. The monoisotopic (exact) mass is 789 g/mol. The number of para-hydroxylation sites is 4. The summed E-state index contributed by atoms with van der Waals surface area (Å²) < 4.78 is 8.79. The Balaban J connectivity index is 0.000000637. The number of benzene rings is 8. The molecule has 1 aliphatic rings. The molecule has 8 aromatic carbocycles. The van der Waals surface area contributed by atoms with Crippen molar-refractivity contribution < 1.29 is 4.42 Å². The maximum absolute atomic E-state index is 6.42. The zero-order valence-corrected chi connectivity index (χ0v) is 34.7. The van der Waals surface area contributed by atoms with E-state index in [4.69, 9.17) is 9.41 Å². The molecule has 4 nitrogen and oxygen atoms in total. The minimum Gasteiger partial charge on any atom is -0.455 e. The smallest absolute Gasteiger partial charge is 0.145 e. The van der Waals surface area contributed by atoms with Crippen LogP contribution in [0, 0.1) is 0 Å². The van der Waals surface area contributed by atoms with E-state index in [-0.39, 0.29) is 6.17 Å². The maximum Gasteiger partial charge on any atom is 0.145 e. The lowest BCUT2D eigenvalue weighted by Crippen LogP contribution is -2.20. The number of hydrogen-bond donors (Lipinski definition) is 1. The Kier molecular flexibility index (Phi) is 11.0. The van der Waals surface area contributed by atoms with Gasteiger partial charge in [0.15, 0.2) is 0 Å². The Bertz CT molecular complexity index is 3200. The average Bonchev–Trinajstić information content (AvgIpc) is 3.88. The fraction of sp³-hybridized carbons (Fsp3) is 0.0702. The highest BCUT2D eigenvalue weighted by Crippen LogP contribution is 2.40. The lowest BCUT2D eigenvalue weighted by atomic mass is 9.97. The summed E-state index contributed by atoms with van der Waals surface area (Å²) >= 11 is 0. The fourth-order valence-corrected chi connectivity index (χ4v) is 8.23. The third kappa shape index (κ3) is 7.45. The lowest BCUT2D eigenvalue weighted by Gasteiger charge is -2.26. The lowest BCUT2D eigenvalue weighted by molar-refractivity contribution is 0.670. The molecular formula is C57H47N3O. The summed E-state index contributed by atoms with van der Waals surface area (Å²) in [7, 11) is 0. The molecule has 2 aromatic heterocycles. The molecule has 61 heavy (non-hydrogen) atoms. The van der Waals surface area contributed by atoms with Crippen molar-refractivity contribution in [2.24, 2.45) is 4.99 Å². The van der Waals surface area contributed by atoms with Crippen LogP contribution in [0.25, 0.3) is 71.7 Å². The highest BCUT2D eigenvalue weighted by atomic mass is 16.3. The average molecular weight is 790 g/mol. The standard InChI is InChI=1S/C50H33N3O.C4H8.C3H6/c1-2-11-34(12-3-1)48-42-15-4-7-18-44(42)51-50(52-48)35-23-21-32(22-24-35)33-25-28-37(29-26-33)53-45-19-8-5-13-39(45)43-31-36(27-30-46(43)53)38-16-10-17-41-40-14-6-9-20-47(40)54-49(38)41;1-3-4-2;1-3-2/h1-31,50-51H;3-4H,1-2H3;3H,1H2,2H3/b;4-3-;. The van der Waals surface area contributed by atoms with Crippen molar-refractivity contribution >= 4 is 55.1 Å². The number of allylic oxidation sites excluding steroid dienone is 3. The Morgan fingerprint density at radius 2 is 1.11 bits per heavy atom. The first-order valence-corrected chi connectivity index (χ1v) is 20.9. The van der Waals surface area contributed by atoms with Crippen LogP contribution in [0.4, 0.5) is 5.69 Å². The molecule has 296 valence electrons. The van der Waals surface area contributed by atoms with Gasteiger partial charge in [0.25, 0.3) is 0 Å². The van der Waals surface area contributed by atoms with Gasteiger partial charge in [-0.25, -0.2) is 0 Å². The number of hydrogen-bond acceptors (Lipinski definition) is 3. The Labute approximate surface area is 357 Å². The van der Waals surface area contributed by atoms with Crippen LogP contribution in [-0.2, 0) is 0 Å². The zero-order valence-electron chi connectivity index (χ0n) is 34.7. The quantitative estimate of drug-likeness (QED) is 0.177. The first-order valence-electron chi connectivity index (χ1n) is 20.9. The predicted molar refractivity (Wildman–Crippen MR) is 260 cm³/mol. The number of rotatable bonds is 5. The number of nitrogens with zero attached hydrogens (tertiary/aromatic N) is 2. The van der Waals surface area contributed by atoms with E-state index in [1.165, 1.54) is 32.9 Å². The zero-order chi connectivity index (χ0) is 41.7. The molecule has 1 atom stereocenters. The van der Waals surface area contributed by atoms with Crippen molar-refractivity contribution in [3.63, 3.8) is 0 Å². The summed E-state index contributed by atoms with van der Waals surface area (Å²) in [6.45, 7) is 9.25. The van der Waals surface area contributed by atoms with Crippen LogP contribution in [0.1, 0.15) is 43.6 Å². The Morgan fingerprint density at radius 1 is 0.525 bits per heavy atom. The molecule has 3 heterocycles. The molecule has 10 aromatic rings. The molecular weight excluding hydrogens is 743 g/mol. The molecule has 0 fully saturated rings. The van der Waals surface area contributed by atoms with Crippen LogP contribution >= 0.6 is 0 Å². The van der Waals surface area contributed by atoms with Crippen molar-refractivity contribution in [3.05, 3.63) is 230 Å².